The summed E-state index contributed by atoms with van der Waals surface area (Å²) in [5.74, 6) is -0.815. The zero-order valence-corrected chi connectivity index (χ0v) is 21.5. The van der Waals surface area contributed by atoms with Crippen LogP contribution in [-0.2, 0) is 21.4 Å². The summed E-state index contributed by atoms with van der Waals surface area (Å²) in [5, 5.41) is 11.5. The number of hydrogen-bond donors (Lipinski definition) is 1. The molecule has 1 heterocycles. The van der Waals surface area contributed by atoms with E-state index < -0.39 is 17.7 Å². The number of carbonyl (C=O) groups excluding carboxylic acids is 2. The van der Waals surface area contributed by atoms with Crippen LogP contribution in [0.15, 0.2) is 78.4 Å². The Kier molecular flexibility index (Phi) is 7.02. The molecule has 186 valence electrons. The molecule has 0 aliphatic carbocycles. The molecule has 5 heteroatoms. The predicted octanol–water partition coefficient (Wildman–Crippen LogP) is 6.57. The van der Waals surface area contributed by atoms with E-state index in [1.165, 1.54) is 4.90 Å². The molecule has 1 unspecified atom stereocenters. The minimum Gasteiger partial charge on any atom is -0.507 e. The van der Waals surface area contributed by atoms with Gasteiger partial charge in [-0.3, -0.25) is 14.5 Å². The number of aliphatic hydroxyl groups excluding tert-OH is 1. The second-order valence-corrected chi connectivity index (χ2v) is 9.99. The number of aliphatic hydroxyl groups is 1. The lowest BCUT2D eigenvalue weighted by Crippen LogP contribution is -2.29. The fourth-order valence-electron chi connectivity index (χ4n) is 4.64. The molecule has 3 aromatic carbocycles. The van der Waals surface area contributed by atoms with Crippen molar-refractivity contribution in [2.75, 3.05) is 11.5 Å². The van der Waals surface area contributed by atoms with Gasteiger partial charge in [-0.05, 0) is 60.2 Å². The number of hydrogen-bond acceptors (Lipinski definition) is 4. The molecule has 0 bridgehead atoms. The van der Waals surface area contributed by atoms with Gasteiger partial charge in [0, 0.05) is 16.8 Å². The minimum absolute atomic E-state index is 0.0785. The molecule has 1 amide bonds. The van der Waals surface area contributed by atoms with Crippen LogP contribution in [0.2, 0.25) is 0 Å². The number of anilines is 1. The van der Waals surface area contributed by atoms with Crippen LogP contribution in [0.5, 0.6) is 5.75 Å². The summed E-state index contributed by atoms with van der Waals surface area (Å²) in [7, 11) is 0. The molecule has 4 rings (SSSR count). The summed E-state index contributed by atoms with van der Waals surface area (Å²) in [6, 6.07) is 21.6. The highest BCUT2D eigenvalue weighted by Gasteiger charge is 2.47. The average Bonchev–Trinajstić information content (AvgIpc) is 3.14. The third kappa shape index (κ3) is 4.66. The Bertz CT molecular complexity index is 1300. The summed E-state index contributed by atoms with van der Waals surface area (Å²) in [4.78, 5) is 28.3. The van der Waals surface area contributed by atoms with Crippen molar-refractivity contribution in [3.8, 4) is 5.75 Å². The summed E-state index contributed by atoms with van der Waals surface area (Å²) >= 11 is 0. The van der Waals surface area contributed by atoms with E-state index in [0.29, 0.717) is 17.9 Å². The minimum atomic E-state index is -0.747. The van der Waals surface area contributed by atoms with E-state index in [9.17, 15) is 14.7 Å². The van der Waals surface area contributed by atoms with Crippen LogP contribution in [-0.4, -0.2) is 23.4 Å². The van der Waals surface area contributed by atoms with Gasteiger partial charge in [0.15, 0.2) is 0 Å². The lowest BCUT2D eigenvalue weighted by atomic mass is 9.84. The van der Waals surface area contributed by atoms with Crippen LogP contribution in [0.3, 0.4) is 0 Å². The maximum Gasteiger partial charge on any atom is 0.300 e. The van der Waals surface area contributed by atoms with E-state index in [1.54, 1.807) is 6.07 Å². The molecule has 0 radical (unpaired) electrons. The van der Waals surface area contributed by atoms with Crippen molar-refractivity contribution in [2.24, 2.45) is 0 Å². The highest BCUT2D eigenvalue weighted by atomic mass is 16.5. The summed E-state index contributed by atoms with van der Waals surface area (Å²) in [5.41, 5.74) is 3.71. The third-order valence-corrected chi connectivity index (χ3v) is 6.54. The highest BCUT2D eigenvalue weighted by Crippen LogP contribution is 2.43. The van der Waals surface area contributed by atoms with Gasteiger partial charge in [0.05, 0.1) is 18.2 Å². The first-order valence-corrected chi connectivity index (χ1v) is 12.4. The predicted molar refractivity (Wildman–Crippen MR) is 143 cm³/mol. The Morgan fingerprint density at radius 2 is 1.61 bits per heavy atom. The van der Waals surface area contributed by atoms with Crippen LogP contribution in [0, 0.1) is 0 Å². The van der Waals surface area contributed by atoms with Gasteiger partial charge in [0.25, 0.3) is 11.7 Å². The van der Waals surface area contributed by atoms with Crippen LogP contribution in [0.4, 0.5) is 5.69 Å². The molecular weight excluding hydrogens is 450 g/mol. The van der Waals surface area contributed by atoms with Crippen molar-refractivity contribution in [1.29, 1.82) is 0 Å². The smallest absolute Gasteiger partial charge is 0.300 e. The van der Waals surface area contributed by atoms with Gasteiger partial charge in [-0.15, -0.1) is 0 Å². The molecule has 1 aliphatic rings. The monoisotopic (exact) mass is 483 g/mol. The Labute approximate surface area is 213 Å². The molecule has 0 aromatic heterocycles. The molecule has 0 spiro atoms. The van der Waals surface area contributed by atoms with E-state index in [2.05, 4.69) is 27.7 Å². The maximum absolute atomic E-state index is 13.4. The van der Waals surface area contributed by atoms with Crippen molar-refractivity contribution < 1.29 is 19.4 Å². The van der Waals surface area contributed by atoms with E-state index in [0.717, 1.165) is 28.9 Å². The number of aryl methyl sites for hydroxylation is 1. The quantitative estimate of drug-likeness (QED) is 0.245. The third-order valence-electron chi connectivity index (χ3n) is 6.54. The number of amides is 1. The molecule has 1 atom stereocenters. The average molecular weight is 484 g/mol. The van der Waals surface area contributed by atoms with E-state index in [1.807, 2.05) is 73.7 Å². The standard InChI is InChI=1S/C31H33NO4/c1-6-20-13-16-23(17-14-20)32-27(21-11-9-8-10-12-21)26(29(34)30(32)35)28(33)22-15-18-25(36-7-2)24(19-22)31(3,4)5/h8-19,27,33H,6-7H2,1-5H3/b28-26-. The normalized spacial score (nSPS) is 17.5. The van der Waals surface area contributed by atoms with Gasteiger partial charge in [0.1, 0.15) is 11.5 Å². The number of carbonyl (C=O) groups is 2. The molecular formula is C31H33NO4. The fraction of sp³-hybridized carbons (Fsp3) is 0.290. The lowest BCUT2D eigenvalue weighted by Gasteiger charge is -2.26. The van der Waals surface area contributed by atoms with Crippen molar-refractivity contribution in [3.63, 3.8) is 0 Å². The maximum atomic E-state index is 13.4. The number of benzene rings is 3. The van der Waals surface area contributed by atoms with Crippen molar-refractivity contribution in [3.05, 3.63) is 101 Å². The second kappa shape index (κ2) is 10.0. The SMILES string of the molecule is CCOc1ccc(/C(O)=C2/C(=O)C(=O)N(c3ccc(CC)cc3)C2c2ccccc2)cc1C(C)(C)C. The van der Waals surface area contributed by atoms with Crippen molar-refractivity contribution in [2.45, 2.75) is 52.5 Å². The summed E-state index contributed by atoms with van der Waals surface area (Å²) < 4.78 is 5.82. The Balaban J connectivity index is 1.91. The molecule has 1 N–H and O–H groups in total. The molecule has 0 saturated carbocycles. The molecule has 1 saturated heterocycles. The number of ketones is 1. The van der Waals surface area contributed by atoms with Crippen LogP contribution < -0.4 is 9.64 Å². The topological polar surface area (TPSA) is 66.8 Å². The van der Waals surface area contributed by atoms with Crippen LogP contribution in [0.1, 0.15) is 62.9 Å². The first kappa shape index (κ1) is 25.2. The van der Waals surface area contributed by atoms with E-state index in [4.69, 9.17) is 4.74 Å². The highest BCUT2D eigenvalue weighted by molar-refractivity contribution is 6.51. The Morgan fingerprint density at radius 1 is 0.944 bits per heavy atom. The van der Waals surface area contributed by atoms with Gasteiger partial charge in [-0.2, -0.15) is 0 Å². The number of ether oxygens (including phenoxy) is 1. The fourth-order valence-corrected chi connectivity index (χ4v) is 4.64. The molecule has 3 aromatic rings. The Morgan fingerprint density at radius 3 is 2.19 bits per heavy atom. The Hall–Kier alpha value is -3.86. The van der Waals surface area contributed by atoms with Crippen LogP contribution in [0.25, 0.3) is 5.76 Å². The van der Waals surface area contributed by atoms with Gasteiger partial charge < -0.3 is 9.84 Å². The van der Waals surface area contributed by atoms with E-state index >= 15 is 0 Å². The van der Waals surface area contributed by atoms with Crippen molar-refractivity contribution in [1.82, 2.24) is 0 Å². The van der Waals surface area contributed by atoms with Crippen molar-refractivity contribution >= 4 is 23.1 Å². The first-order valence-electron chi connectivity index (χ1n) is 12.4. The summed E-state index contributed by atoms with van der Waals surface area (Å²) in [6.07, 6.45) is 0.870. The zero-order chi connectivity index (χ0) is 26.0. The zero-order valence-electron chi connectivity index (χ0n) is 21.5. The number of nitrogens with zero attached hydrogens (tertiary/aromatic N) is 1. The lowest BCUT2D eigenvalue weighted by molar-refractivity contribution is -0.132. The second-order valence-electron chi connectivity index (χ2n) is 9.99. The number of rotatable bonds is 6. The largest absolute Gasteiger partial charge is 0.507 e. The van der Waals surface area contributed by atoms with Gasteiger partial charge >= 0.3 is 0 Å². The molecule has 36 heavy (non-hydrogen) atoms. The first-order chi connectivity index (χ1) is 17.2. The summed E-state index contributed by atoms with van der Waals surface area (Å²) in [6.45, 7) is 10.7. The van der Waals surface area contributed by atoms with Gasteiger partial charge in [-0.1, -0.05) is 70.2 Å². The van der Waals surface area contributed by atoms with Gasteiger partial charge in [0.2, 0.25) is 0 Å². The molecule has 1 fully saturated rings. The van der Waals surface area contributed by atoms with Crippen LogP contribution >= 0.6 is 0 Å². The number of Topliss-reactive ketones (excluding diaryl/α,β-unsaturated/α-hetero) is 1. The molecule has 1 aliphatic heterocycles. The van der Waals surface area contributed by atoms with Gasteiger partial charge in [-0.25, -0.2) is 0 Å². The molecule has 5 nitrogen and oxygen atoms in total. The van der Waals surface area contributed by atoms with E-state index in [-0.39, 0.29) is 16.7 Å².